The molecule has 0 radical (unpaired) electrons. The number of rotatable bonds is 2. The van der Waals surface area contributed by atoms with Crippen molar-refractivity contribution in [3.8, 4) is 0 Å². The molecule has 1 heteroatoms. The summed E-state index contributed by atoms with van der Waals surface area (Å²) < 4.78 is 0. The van der Waals surface area contributed by atoms with E-state index in [9.17, 15) is 0 Å². The van der Waals surface area contributed by atoms with E-state index in [2.05, 4.69) is 77.7 Å². The largest absolute Gasteiger partial charge is 0.287 e. The first kappa shape index (κ1) is 15.8. The third-order valence-corrected chi connectivity index (χ3v) is 4.48. The maximum Gasteiger partial charge on any atom is 0.0524 e. The summed E-state index contributed by atoms with van der Waals surface area (Å²) in [6, 6.07) is 8.61. The number of hydrogen-bond acceptors (Lipinski definition) is 1. The predicted octanol–water partition coefficient (Wildman–Crippen LogP) is 5.66. The van der Waals surface area contributed by atoms with Gasteiger partial charge in [0.15, 0.2) is 0 Å². The van der Waals surface area contributed by atoms with E-state index in [4.69, 9.17) is 0 Å². The van der Waals surface area contributed by atoms with Gasteiger partial charge in [-0.15, -0.1) is 0 Å². The second-order valence-electron chi connectivity index (χ2n) is 7.08. The maximum atomic E-state index is 4.69. The van der Waals surface area contributed by atoms with Crippen molar-refractivity contribution in [1.82, 2.24) is 0 Å². The normalized spacial score (nSPS) is 20.0. The molecule has 1 unspecified atom stereocenters. The van der Waals surface area contributed by atoms with Crippen molar-refractivity contribution < 1.29 is 0 Å². The molecule has 1 aliphatic rings. The molecule has 112 valence electrons. The quantitative estimate of drug-likeness (QED) is 0.620. The maximum absolute atomic E-state index is 4.69. The molecule has 1 aliphatic carbocycles. The average Bonchev–Trinajstić information content (AvgIpc) is 2.61. The summed E-state index contributed by atoms with van der Waals surface area (Å²) >= 11 is 0. The van der Waals surface area contributed by atoms with E-state index in [1.54, 1.807) is 0 Å². The second-order valence-corrected chi connectivity index (χ2v) is 7.08. The van der Waals surface area contributed by atoms with Crippen molar-refractivity contribution in [3.05, 3.63) is 52.1 Å². The van der Waals surface area contributed by atoms with E-state index in [0.717, 1.165) is 0 Å². The van der Waals surface area contributed by atoms with Crippen LogP contribution >= 0.6 is 0 Å². The van der Waals surface area contributed by atoms with Gasteiger partial charge in [0.05, 0.1) is 5.54 Å². The van der Waals surface area contributed by atoms with Gasteiger partial charge >= 0.3 is 0 Å². The van der Waals surface area contributed by atoms with Gasteiger partial charge in [-0.3, -0.25) is 4.99 Å². The molecule has 0 fully saturated rings. The van der Waals surface area contributed by atoms with Crippen molar-refractivity contribution in [2.24, 2.45) is 10.9 Å². The zero-order valence-electron chi connectivity index (χ0n) is 14.4. The molecular formula is C20H27N. The Balaban J connectivity index is 2.51. The summed E-state index contributed by atoms with van der Waals surface area (Å²) in [5.41, 5.74) is 8.33. The standard InChI is InChI=1S/C20H27N/c1-13-14(2)16(4)19(15(13)3)18-11-9-8-10-17(18)12-21-20(5,6)7/h8-12,15H,1-7H3/b21-12-. The van der Waals surface area contributed by atoms with Crippen LogP contribution in [0, 0.1) is 5.92 Å². The minimum Gasteiger partial charge on any atom is -0.287 e. The monoisotopic (exact) mass is 281 g/mol. The molecule has 1 aromatic carbocycles. The highest BCUT2D eigenvalue weighted by Crippen LogP contribution is 2.42. The van der Waals surface area contributed by atoms with Crippen LogP contribution in [0.5, 0.6) is 0 Å². The molecule has 0 aliphatic heterocycles. The Hall–Kier alpha value is -1.63. The summed E-state index contributed by atoms with van der Waals surface area (Å²) in [7, 11) is 0. The number of aliphatic imine (C=N–C) groups is 1. The smallest absolute Gasteiger partial charge is 0.0524 e. The van der Waals surface area contributed by atoms with Gasteiger partial charge in [0.2, 0.25) is 0 Å². The van der Waals surface area contributed by atoms with Gasteiger partial charge in [-0.25, -0.2) is 0 Å². The third kappa shape index (κ3) is 3.18. The highest BCUT2D eigenvalue weighted by molar-refractivity contribution is 5.92. The van der Waals surface area contributed by atoms with Crippen LogP contribution in [0.1, 0.15) is 59.6 Å². The van der Waals surface area contributed by atoms with Gasteiger partial charge in [0.1, 0.15) is 0 Å². The second kappa shape index (κ2) is 5.63. The molecule has 0 amide bonds. The summed E-state index contributed by atoms with van der Waals surface area (Å²) in [4.78, 5) is 4.69. The fourth-order valence-electron chi connectivity index (χ4n) is 2.92. The topological polar surface area (TPSA) is 12.4 Å². The van der Waals surface area contributed by atoms with Crippen LogP contribution in [0.4, 0.5) is 0 Å². The van der Waals surface area contributed by atoms with Crippen LogP contribution < -0.4 is 0 Å². The molecule has 0 bridgehead atoms. The molecule has 0 saturated carbocycles. The minimum absolute atomic E-state index is 0.0398. The number of benzene rings is 1. The van der Waals surface area contributed by atoms with E-state index in [0.29, 0.717) is 5.92 Å². The molecular weight excluding hydrogens is 254 g/mol. The fraction of sp³-hybridized carbons (Fsp3) is 0.450. The number of hydrogen-bond donors (Lipinski definition) is 0. The molecule has 0 saturated heterocycles. The zero-order valence-corrected chi connectivity index (χ0v) is 14.4. The Bertz CT molecular complexity index is 636. The minimum atomic E-state index is -0.0398. The Morgan fingerprint density at radius 3 is 2.14 bits per heavy atom. The summed E-state index contributed by atoms with van der Waals surface area (Å²) in [5.74, 6) is 0.495. The molecule has 2 rings (SSSR count). The molecule has 1 aromatic rings. The van der Waals surface area contributed by atoms with Gasteiger partial charge in [-0.1, -0.05) is 36.8 Å². The first-order chi connectivity index (χ1) is 9.72. The lowest BCUT2D eigenvalue weighted by Gasteiger charge is -2.17. The lowest BCUT2D eigenvalue weighted by molar-refractivity contribution is 0.586. The summed E-state index contributed by atoms with van der Waals surface area (Å²) in [6.07, 6.45) is 2.03. The van der Waals surface area contributed by atoms with Gasteiger partial charge in [0, 0.05) is 12.1 Å². The van der Waals surface area contributed by atoms with E-state index >= 15 is 0 Å². The molecule has 1 nitrogen and oxygen atoms in total. The molecule has 1 atom stereocenters. The lowest BCUT2D eigenvalue weighted by atomic mass is 9.89. The van der Waals surface area contributed by atoms with E-state index in [-0.39, 0.29) is 5.54 Å². The average molecular weight is 281 g/mol. The van der Waals surface area contributed by atoms with Crippen molar-refractivity contribution >= 4 is 11.8 Å². The Morgan fingerprint density at radius 1 is 1.00 bits per heavy atom. The van der Waals surface area contributed by atoms with Gasteiger partial charge in [-0.2, -0.15) is 0 Å². The van der Waals surface area contributed by atoms with Crippen LogP contribution in [0.3, 0.4) is 0 Å². The van der Waals surface area contributed by atoms with E-state index in [1.165, 1.54) is 33.4 Å². The summed E-state index contributed by atoms with van der Waals surface area (Å²) in [5, 5.41) is 0. The van der Waals surface area contributed by atoms with E-state index in [1.807, 2.05) is 6.21 Å². The Kier molecular flexibility index (Phi) is 4.22. The first-order valence-electron chi connectivity index (χ1n) is 7.75. The molecule has 0 N–H and O–H groups in total. The van der Waals surface area contributed by atoms with Gasteiger partial charge in [-0.05, 0) is 69.4 Å². The van der Waals surface area contributed by atoms with Crippen molar-refractivity contribution in [1.29, 1.82) is 0 Å². The molecule has 0 aromatic heterocycles. The molecule has 21 heavy (non-hydrogen) atoms. The highest BCUT2D eigenvalue weighted by atomic mass is 14.8. The number of allylic oxidation sites excluding steroid dienone is 4. The SMILES string of the molecule is CC1=C(C)C(C)C(c2ccccc2/C=N\C(C)(C)C)=C1C. The van der Waals surface area contributed by atoms with Crippen LogP contribution in [-0.2, 0) is 0 Å². The van der Waals surface area contributed by atoms with Crippen molar-refractivity contribution in [2.45, 2.75) is 54.0 Å². The Morgan fingerprint density at radius 2 is 1.62 bits per heavy atom. The predicted molar refractivity (Wildman–Crippen MR) is 93.9 cm³/mol. The van der Waals surface area contributed by atoms with E-state index < -0.39 is 0 Å². The van der Waals surface area contributed by atoms with Crippen molar-refractivity contribution in [3.63, 3.8) is 0 Å². The Labute approximate surface area is 129 Å². The lowest BCUT2D eigenvalue weighted by Crippen LogP contribution is -2.10. The fourth-order valence-corrected chi connectivity index (χ4v) is 2.92. The first-order valence-corrected chi connectivity index (χ1v) is 7.75. The molecule has 0 heterocycles. The zero-order chi connectivity index (χ0) is 15.8. The van der Waals surface area contributed by atoms with Crippen molar-refractivity contribution in [2.75, 3.05) is 0 Å². The third-order valence-electron chi connectivity index (χ3n) is 4.48. The van der Waals surface area contributed by atoms with Crippen LogP contribution in [-0.4, -0.2) is 11.8 Å². The summed E-state index contributed by atoms with van der Waals surface area (Å²) in [6.45, 7) is 15.4. The molecule has 0 spiro atoms. The van der Waals surface area contributed by atoms with Crippen LogP contribution in [0.15, 0.2) is 46.0 Å². The van der Waals surface area contributed by atoms with Gasteiger partial charge in [0.25, 0.3) is 0 Å². The van der Waals surface area contributed by atoms with Crippen LogP contribution in [0.25, 0.3) is 5.57 Å². The van der Waals surface area contributed by atoms with Crippen LogP contribution in [0.2, 0.25) is 0 Å². The number of nitrogens with zero attached hydrogens (tertiary/aromatic N) is 1. The highest BCUT2D eigenvalue weighted by Gasteiger charge is 2.25. The van der Waals surface area contributed by atoms with Gasteiger partial charge < -0.3 is 0 Å².